The quantitative estimate of drug-likeness (QED) is 0.197. The highest BCUT2D eigenvalue weighted by molar-refractivity contribution is 6.35. The van der Waals surface area contributed by atoms with Crippen LogP contribution in [0.5, 0.6) is 11.8 Å². The third-order valence-corrected chi connectivity index (χ3v) is 10.5. The number of fused-ring (bicyclic) bond motifs is 2. The normalized spacial score (nSPS) is 19.7. The van der Waals surface area contributed by atoms with Crippen LogP contribution in [0.15, 0.2) is 30.3 Å². The second-order valence-corrected chi connectivity index (χ2v) is 13.8. The Bertz CT molecular complexity index is 1940. The van der Waals surface area contributed by atoms with Gasteiger partial charge >= 0.3 is 6.01 Å². The molecule has 3 aliphatic rings. The van der Waals surface area contributed by atoms with E-state index in [0.29, 0.717) is 48.6 Å². The number of nitrogens with one attached hydrogen (secondary N) is 1. The number of hydrogen-bond donors (Lipinski definition) is 2. The second kappa shape index (κ2) is 12.8. The standard InChI is InChI=1S/C37H36ClF2N5O2/c1-2-26-30(39)6-5-24-16-25(46)17-27(31(24)26)32-29(38)18-28-34(33(32)40)43-36(44-35(28)45-14-3-4-23(20-41)9-15-45)47-21-37(10-11-37)19-22-7-12-42-13-8-22/h1,5-6,16-18,22-23,42,46H,3-4,7-15,19,21H2. The number of aromatic hydroxyl groups is 1. The summed E-state index contributed by atoms with van der Waals surface area (Å²) >= 11 is 6.86. The van der Waals surface area contributed by atoms with Crippen molar-refractivity contribution in [3.8, 4) is 41.3 Å². The molecule has 2 aliphatic heterocycles. The van der Waals surface area contributed by atoms with Crippen LogP contribution >= 0.6 is 11.6 Å². The van der Waals surface area contributed by atoms with Gasteiger partial charge in [0.1, 0.15) is 22.9 Å². The predicted octanol–water partition coefficient (Wildman–Crippen LogP) is 7.75. The van der Waals surface area contributed by atoms with Crippen LogP contribution in [0.3, 0.4) is 0 Å². The maximum Gasteiger partial charge on any atom is 0.319 e. The Balaban J connectivity index is 1.35. The first kappa shape index (κ1) is 31.4. The van der Waals surface area contributed by atoms with Crippen molar-refractivity contribution in [2.24, 2.45) is 17.3 Å². The van der Waals surface area contributed by atoms with Gasteiger partial charge in [-0.1, -0.05) is 23.6 Å². The van der Waals surface area contributed by atoms with Crippen LogP contribution in [0.2, 0.25) is 5.02 Å². The number of rotatable bonds is 7. The molecule has 3 aromatic carbocycles. The molecule has 0 amide bonds. The van der Waals surface area contributed by atoms with Gasteiger partial charge in [-0.25, -0.2) is 8.78 Å². The molecule has 2 N–H and O–H groups in total. The maximum absolute atomic E-state index is 17.0. The van der Waals surface area contributed by atoms with Crippen LogP contribution in [-0.4, -0.2) is 47.9 Å². The zero-order valence-electron chi connectivity index (χ0n) is 26.1. The zero-order valence-corrected chi connectivity index (χ0v) is 26.8. The van der Waals surface area contributed by atoms with Crippen LogP contribution in [-0.2, 0) is 0 Å². The lowest BCUT2D eigenvalue weighted by molar-refractivity contribution is 0.179. The lowest BCUT2D eigenvalue weighted by Crippen LogP contribution is -2.30. The number of aromatic nitrogens is 2. The molecule has 1 unspecified atom stereocenters. The fourth-order valence-electron chi connectivity index (χ4n) is 7.41. The van der Waals surface area contributed by atoms with Gasteiger partial charge < -0.3 is 20.1 Å². The molecule has 1 atom stereocenters. The molecular weight excluding hydrogens is 620 g/mol. The Labute approximate surface area is 277 Å². The van der Waals surface area contributed by atoms with Gasteiger partial charge in [-0.15, -0.1) is 6.42 Å². The fraction of sp³-hybridized carbons (Fsp3) is 0.432. The van der Waals surface area contributed by atoms with Crippen molar-refractivity contribution in [2.45, 2.75) is 51.4 Å². The number of hydrogen-bond acceptors (Lipinski definition) is 7. The molecule has 47 heavy (non-hydrogen) atoms. The molecule has 3 fully saturated rings. The van der Waals surface area contributed by atoms with Crippen molar-refractivity contribution < 1.29 is 18.6 Å². The van der Waals surface area contributed by atoms with Gasteiger partial charge in [-0.3, -0.25) is 0 Å². The Kier molecular flexibility index (Phi) is 8.55. The van der Waals surface area contributed by atoms with Crippen molar-refractivity contribution in [3.05, 3.63) is 52.6 Å². The summed E-state index contributed by atoms with van der Waals surface area (Å²) in [6, 6.07) is 9.57. The minimum atomic E-state index is -0.749. The number of anilines is 1. The Morgan fingerprint density at radius 1 is 1.11 bits per heavy atom. The fourth-order valence-corrected chi connectivity index (χ4v) is 7.71. The van der Waals surface area contributed by atoms with E-state index in [0.717, 1.165) is 58.0 Å². The van der Waals surface area contributed by atoms with Crippen LogP contribution in [0.4, 0.5) is 14.6 Å². The second-order valence-electron chi connectivity index (χ2n) is 13.4. The average molecular weight is 656 g/mol. The molecule has 1 saturated carbocycles. The average Bonchev–Trinajstić information content (AvgIpc) is 3.87. The van der Waals surface area contributed by atoms with Crippen molar-refractivity contribution in [1.29, 1.82) is 5.26 Å². The van der Waals surface area contributed by atoms with Gasteiger partial charge in [0.15, 0.2) is 5.82 Å². The number of piperidine rings is 1. The molecule has 3 heterocycles. The van der Waals surface area contributed by atoms with Gasteiger partial charge in [-0.2, -0.15) is 15.2 Å². The topological polar surface area (TPSA) is 94.3 Å². The first-order valence-electron chi connectivity index (χ1n) is 16.4. The van der Waals surface area contributed by atoms with E-state index in [1.54, 1.807) is 6.07 Å². The Morgan fingerprint density at radius 3 is 2.66 bits per heavy atom. The molecule has 0 bridgehead atoms. The third-order valence-electron chi connectivity index (χ3n) is 10.2. The van der Waals surface area contributed by atoms with Crippen molar-refractivity contribution >= 4 is 39.1 Å². The number of halogens is 3. The van der Waals surface area contributed by atoms with Gasteiger partial charge in [0.05, 0.1) is 23.3 Å². The minimum absolute atomic E-state index is 0.00355. The number of nitriles is 1. The zero-order chi connectivity index (χ0) is 32.7. The third kappa shape index (κ3) is 6.15. The van der Waals surface area contributed by atoms with Gasteiger partial charge in [0.25, 0.3) is 0 Å². The van der Waals surface area contributed by atoms with E-state index in [1.165, 1.54) is 24.3 Å². The summed E-state index contributed by atoms with van der Waals surface area (Å²) in [5.74, 6) is 1.93. The molecule has 1 aromatic heterocycles. The summed E-state index contributed by atoms with van der Waals surface area (Å²) in [6.07, 6.45) is 13.5. The van der Waals surface area contributed by atoms with E-state index < -0.39 is 11.6 Å². The van der Waals surface area contributed by atoms with E-state index in [2.05, 4.69) is 27.2 Å². The molecule has 242 valence electrons. The highest BCUT2D eigenvalue weighted by atomic mass is 35.5. The predicted molar refractivity (Wildman–Crippen MR) is 180 cm³/mol. The van der Waals surface area contributed by atoms with Crippen molar-refractivity contribution in [1.82, 2.24) is 15.3 Å². The largest absolute Gasteiger partial charge is 0.508 e. The lowest BCUT2D eigenvalue weighted by atomic mass is 9.86. The van der Waals surface area contributed by atoms with E-state index in [1.807, 2.05) is 0 Å². The summed E-state index contributed by atoms with van der Waals surface area (Å²) < 4.78 is 38.2. The summed E-state index contributed by atoms with van der Waals surface area (Å²) in [7, 11) is 0. The summed E-state index contributed by atoms with van der Waals surface area (Å²) in [5, 5.41) is 24.8. The molecule has 2 saturated heterocycles. The monoisotopic (exact) mass is 655 g/mol. The first-order valence-corrected chi connectivity index (χ1v) is 16.8. The molecule has 10 heteroatoms. The summed E-state index contributed by atoms with van der Waals surface area (Å²) in [4.78, 5) is 11.5. The molecule has 7 nitrogen and oxygen atoms in total. The summed E-state index contributed by atoms with van der Waals surface area (Å²) in [5.41, 5.74) is 0.125. The van der Waals surface area contributed by atoms with Crippen molar-refractivity contribution in [2.75, 3.05) is 37.7 Å². The van der Waals surface area contributed by atoms with E-state index in [-0.39, 0.29) is 55.7 Å². The number of nitrogens with zero attached hydrogens (tertiary/aromatic N) is 4. The number of phenols is 1. The molecular formula is C37H36ClF2N5O2. The Hall–Kier alpha value is -4.18. The highest BCUT2D eigenvalue weighted by Crippen LogP contribution is 2.52. The van der Waals surface area contributed by atoms with Crippen LogP contribution < -0.4 is 15.0 Å². The van der Waals surface area contributed by atoms with Crippen LogP contribution in [0.25, 0.3) is 32.8 Å². The van der Waals surface area contributed by atoms with E-state index in [4.69, 9.17) is 27.7 Å². The smallest absolute Gasteiger partial charge is 0.319 e. The highest BCUT2D eigenvalue weighted by Gasteiger charge is 2.45. The number of phenolic OH excluding ortho intramolecular Hbond substituents is 1. The van der Waals surface area contributed by atoms with Crippen molar-refractivity contribution in [3.63, 3.8) is 0 Å². The van der Waals surface area contributed by atoms with Crippen LogP contribution in [0.1, 0.15) is 56.9 Å². The number of benzene rings is 3. The molecule has 0 radical (unpaired) electrons. The van der Waals surface area contributed by atoms with Gasteiger partial charge in [0, 0.05) is 40.8 Å². The van der Waals surface area contributed by atoms with Gasteiger partial charge in [-0.05, 0) is 106 Å². The minimum Gasteiger partial charge on any atom is -0.508 e. The van der Waals surface area contributed by atoms with Gasteiger partial charge in [0.2, 0.25) is 0 Å². The Morgan fingerprint density at radius 2 is 1.91 bits per heavy atom. The molecule has 0 spiro atoms. The summed E-state index contributed by atoms with van der Waals surface area (Å²) in [6.45, 7) is 3.71. The van der Waals surface area contributed by atoms with E-state index >= 15 is 4.39 Å². The number of ether oxygens (including phenoxy) is 1. The number of terminal acetylenes is 1. The van der Waals surface area contributed by atoms with Crippen LogP contribution in [0, 0.1) is 52.6 Å². The maximum atomic E-state index is 17.0. The first-order chi connectivity index (χ1) is 22.8. The molecule has 1 aliphatic carbocycles. The lowest BCUT2D eigenvalue weighted by Gasteiger charge is -2.27. The molecule has 4 aromatic rings. The molecule has 7 rings (SSSR count). The van der Waals surface area contributed by atoms with E-state index in [9.17, 15) is 14.8 Å². The SMILES string of the molecule is C#Cc1c(F)ccc2cc(O)cc(-c3c(Cl)cc4c(N5CCCC(C#N)CC5)nc(OCC5(CC6CCNCC6)CC5)nc4c3F)c12.